The van der Waals surface area contributed by atoms with Crippen molar-refractivity contribution < 1.29 is 4.74 Å². The van der Waals surface area contributed by atoms with Crippen LogP contribution in [0.15, 0.2) is 18.2 Å². The molecule has 0 aliphatic carbocycles. The molecule has 0 saturated heterocycles. The van der Waals surface area contributed by atoms with Crippen LogP contribution in [0.5, 0.6) is 5.75 Å². The lowest BCUT2D eigenvalue weighted by molar-refractivity contribution is 0.315. The van der Waals surface area contributed by atoms with Crippen LogP contribution in [-0.2, 0) is 0 Å². The first-order chi connectivity index (χ1) is 7.72. The van der Waals surface area contributed by atoms with E-state index in [1.54, 1.807) is 0 Å². The van der Waals surface area contributed by atoms with E-state index in [1.165, 1.54) is 11.3 Å². The summed E-state index contributed by atoms with van der Waals surface area (Å²) >= 11 is 0. The highest BCUT2D eigenvalue weighted by atomic mass is 16.5. The summed E-state index contributed by atoms with van der Waals surface area (Å²) in [4.78, 5) is 2.33. The second-order valence-corrected chi connectivity index (χ2v) is 3.97. The zero-order valence-electron chi connectivity index (χ0n) is 10.9. The third kappa shape index (κ3) is 3.16. The molecule has 0 bridgehead atoms. The van der Waals surface area contributed by atoms with Crippen LogP contribution in [0.3, 0.4) is 0 Å². The molecular weight excluding hydrogens is 198 g/mol. The van der Waals surface area contributed by atoms with Crippen LogP contribution >= 0.6 is 0 Å². The van der Waals surface area contributed by atoms with Gasteiger partial charge in [0.2, 0.25) is 0 Å². The van der Waals surface area contributed by atoms with Crippen LogP contribution in [-0.4, -0.2) is 19.7 Å². The fourth-order valence-corrected chi connectivity index (χ4v) is 1.74. The van der Waals surface area contributed by atoms with Crippen molar-refractivity contribution in [3.63, 3.8) is 0 Å². The predicted octanol–water partition coefficient (Wildman–Crippen LogP) is 3.63. The molecule has 1 aromatic rings. The average molecular weight is 221 g/mol. The van der Waals surface area contributed by atoms with E-state index in [0.717, 1.165) is 31.9 Å². The van der Waals surface area contributed by atoms with Crippen LogP contribution in [0.1, 0.15) is 32.8 Å². The van der Waals surface area contributed by atoms with Gasteiger partial charge in [-0.25, -0.2) is 0 Å². The zero-order chi connectivity index (χ0) is 12.0. The number of nitrogens with zero attached hydrogens (tertiary/aromatic N) is 1. The molecule has 0 unspecified atom stereocenters. The molecule has 0 saturated carbocycles. The Bertz CT molecular complexity index is 319. The third-order valence-electron chi connectivity index (χ3n) is 2.76. The minimum Gasteiger partial charge on any atom is -0.493 e. The molecule has 0 aliphatic heterocycles. The van der Waals surface area contributed by atoms with Crippen molar-refractivity contribution in [2.75, 3.05) is 24.6 Å². The summed E-state index contributed by atoms with van der Waals surface area (Å²) in [5.74, 6) is 1.02. The van der Waals surface area contributed by atoms with Crippen molar-refractivity contribution >= 4 is 5.69 Å². The van der Waals surface area contributed by atoms with E-state index in [2.05, 4.69) is 50.8 Å². The Labute approximate surface area is 99.2 Å². The van der Waals surface area contributed by atoms with E-state index >= 15 is 0 Å². The van der Waals surface area contributed by atoms with Crippen molar-refractivity contribution in [2.24, 2.45) is 0 Å². The van der Waals surface area contributed by atoms with Crippen molar-refractivity contribution in [2.45, 2.75) is 34.1 Å². The van der Waals surface area contributed by atoms with Gasteiger partial charge < -0.3 is 9.64 Å². The molecule has 0 spiro atoms. The minimum atomic E-state index is 0.794. The zero-order valence-corrected chi connectivity index (χ0v) is 10.9. The standard InChI is InChI=1S/C14H23NO/c1-5-10-16-14-11-13(9-8-12(14)4)15(6-2)7-3/h8-9,11H,5-7,10H2,1-4H3. The van der Waals surface area contributed by atoms with E-state index in [-0.39, 0.29) is 0 Å². The number of hydrogen-bond acceptors (Lipinski definition) is 2. The van der Waals surface area contributed by atoms with E-state index in [4.69, 9.17) is 4.74 Å². The van der Waals surface area contributed by atoms with Crippen LogP contribution in [0.4, 0.5) is 5.69 Å². The Kier molecular flexibility index (Phi) is 5.17. The van der Waals surface area contributed by atoms with E-state index in [9.17, 15) is 0 Å². The minimum absolute atomic E-state index is 0.794. The van der Waals surface area contributed by atoms with E-state index in [0.29, 0.717) is 0 Å². The fraction of sp³-hybridized carbons (Fsp3) is 0.571. The molecule has 0 N–H and O–H groups in total. The normalized spacial score (nSPS) is 10.2. The van der Waals surface area contributed by atoms with Gasteiger partial charge in [0.25, 0.3) is 0 Å². The molecule has 0 atom stereocenters. The Morgan fingerprint density at radius 2 is 1.81 bits per heavy atom. The summed E-state index contributed by atoms with van der Waals surface area (Å²) < 4.78 is 5.74. The third-order valence-corrected chi connectivity index (χ3v) is 2.76. The second kappa shape index (κ2) is 6.41. The molecule has 90 valence electrons. The van der Waals surface area contributed by atoms with Gasteiger partial charge in [0.1, 0.15) is 5.75 Å². The highest BCUT2D eigenvalue weighted by molar-refractivity contribution is 5.53. The number of hydrogen-bond donors (Lipinski definition) is 0. The molecule has 2 heteroatoms. The highest BCUT2D eigenvalue weighted by Crippen LogP contribution is 2.25. The number of ether oxygens (including phenoxy) is 1. The molecule has 16 heavy (non-hydrogen) atoms. The number of aryl methyl sites for hydroxylation is 1. The van der Waals surface area contributed by atoms with Gasteiger partial charge in [-0.3, -0.25) is 0 Å². The van der Waals surface area contributed by atoms with Crippen molar-refractivity contribution in [3.8, 4) is 5.75 Å². The van der Waals surface area contributed by atoms with Gasteiger partial charge >= 0.3 is 0 Å². The molecule has 1 rings (SSSR count). The first-order valence-electron chi connectivity index (χ1n) is 6.21. The molecule has 0 aromatic heterocycles. The summed E-state index contributed by atoms with van der Waals surface area (Å²) in [6.45, 7) is 11.4. The van der Waals surface area contributed by atoms with Gasteiger partial charge in [-0.15, -0.1) is 0 Å². The SMILES string of the molecule is CCCOc1cc(N(CC)CC)ccc1C. The Balaban J connectivity index is 2.87. The number of benzene rings is 1. The molecule has 2 nitrogen and oxygen atoms in total. The van der Waals surface area contributed by atoms with Gasteiger partial charge in [0.15, 0.2) is 0 Å². The van der Waals surface area contributed by atoms with Gasteiger partial charge in [-0.05, 0) is 38.8 Å². The molecule has 0 aliphatic rings. The lowest BCUT2D eigenvalue weighted by Crippen LogP contribution is -2.21. The Hall–Kier alpha value is -1.18. The largest absolute Gasteiger partial charge is 0.493 e. The molecule has 1 aromatic carbocycles. The summed E-state index contributed by atoms with van der Waals surface area (Å²) in [5.41, 5.74) is 2.46. The van der Waals surface area contributed by atoms with Crippen molar-refractivity contribution in [1.82, 2.24) is 0 Å². The maximum absolute atomic E-state index is 5.74. The smallest absolute Gasteiger partial charge is 0.124 e. The van der Waals surface area contributed by atoms with Gasteiger partial charge in [0.05, 0.1) is 6.61 Å². The van der Waals surface area contributed by atoms with Crippen molar-refractivity contribution in [3.05, 3.63) is 23.8 Å². The molecule has 0 heterocycles. The molecule has 0 radical (unpaired) electrons. The molecular formula is C14H23NO. The van der Waals surface area contributed by atoms with Crippen LogP contribution in [0, 0.1) is 6.92 Å². The number of rotatable bonds is 6. The van der Waals surface area contributed by atoms with Crippen LogP contribution in [0.25, 0.3) is 0 Å². The lowest BCUT2D eigenvalue weighted by Gasteiger charge is -2.22. The summed E-state index contributed by atoms with van der Waals surface area (Å²) in [6, 6.07) is 6.46. The van der Waals surface area contributed by atoms with Gasteiger partial charge in [-0.2, -0.15) is 0 Å². The summed E-state index contributed by atoms with van der Waals surface area (Å²) in [5, 5.41) is 0. The first kappa shape index (κ1) is 12.9. The Morgan fingerprint density at radius 3 is 2.38 bits per heavy atom. The highest BCUT2D eigenvalue weighted by Gasteiger charge is 2.05. The lowest BCUT2D eigenvalue weighted by atomic mass is 10.2. The second-order valence-electron chi connectivity index (χ2n) is 3.97. The number of anilines is 1. The topological polar surface area (TPSA) is 12.5 Å². The van der Waals surface area contributed by atoms with Crippen molar-refractivity contribution in [1.29, 1.82) is 0 Å². The predicted molar refractivity (Wildman–Crippen MR) is 70.5 cm³/mol. The fourth-order valence-electron chi connectivity index (χ4n) is 1.74. The monoisotopic (exact) mass is 221 g/mol. The maximum atomic E-state index is 5.74. The van der Waals surface area contributed by atoms with Crippen LogP contribution < -0.4 is 9.64 Å². The molecule has 0 amide bonds. The van der Waals surface area contributed by atoms with Gasteiger partial charge in [-0.1, -0.05) is 13.0 Å². The van der Waals surface area contributed by atoms with Gasteiger partial charge in [0, 0.05) is 24.8 Å². The molecule has 0 fully saturated rings. The summed E-state index contributed by atoms with van der Waals surface area (Å²) in [7, 11) is 0. The van der Waals surface area contributed by atoms with E-state index < -0.39 is 0 Å². The van der Waals surface area contributed by atoms with E-state index in [1.807, 2.05) is 0 Å². The maximum Gasteiger partial charge on any atom is 0.124 e. The quantitative estimate of drug-likeness (QED) is 0.727. The Morgan fingerprint density at radius 1 is 1.12 bits per heavy atom. The summed E-state index contributed by atoms with van der Waals surface area (Å²) in [6.07, 6.45) is 1.05. The first-order valence-corrected chi connectivity index (χ1v) is 6.21. The van der Waals surface area contributed by atoms with Crippen LogP contribution in [0.2, 0.25) is 0 Å². The average Bonchev–Trinajstić information content (AvgIpc) is 2.31.